The predicted molar refractivity (Wildman–Crippen MR) is 163 cm³/mol. The molecule has 232 valence electrons. The first-order valence-electron chi connectivity index (χ1n) is 14.7. The summed E-state index contributed by atoms with van der Waals surface area (Å²) in [5.41, 5.74) is -0.587. The van der Waals surface area contributed by atoms with Crippen LogP contribution < -0.4 is 4.18 Å². The van der Waals surface area contributed by atoms with Crippen LogP contribution in [-0.4, -0.2) is 72.2 Å². The van der Waals surface area contributed by atoms with Crippen molar-refractivity contribution < 1.29 is 29.6 Å². The van der Waals surface area contributed by atoms with E-state index in [1.54, 1.807) is 25.1 Å². The zero-order valence-corrected chi connectivity index (χ0v) is 26.4. The summed E-state index contributed by atoms with van der Waals surface area (Å²) in [5, 5.41) is 0. The van der Waals surface area contributed by atoms with Crippen molar-refractivity contribution in [3.8, 4) is 5.75 Å². The highest BCUT2D eigenvalue weighted by atomic mass is 32.2. The number of hydrogen-bond donors (Lipinski definition) is 0. The van der Waals surface area contributed by atoms with Crippen LogP contribution in [0, 0.1) is 12.7 Å². The maximum Gasteiger partial charge on any atom is 0.342 e. The highest BCUT2D eigenvalue weighted by Crippen LogP contribution is 2.38. The van der Waals surface area contributed by atoms with Gasteiger partial charge >= 0.3 is 10.1 Å². The molecule has 0 bridgehead atoms. The number of piperidine rings is 2. The molecule has 2 saturated heterocycles. The molecule has 11 heteroatoms. The molecule has 42 heavy (non-hydrogen) atoms. The lowest BCUT2D eigenvalue weighted by atomic mass is 9.86. The van der Waals surface area contributed by atoms with Gasteiger partial charge in [-0.25, -0.2) is 8.57 Å². The number of nitrogens with zero attached hydrogens (tertiary/aromatic N) is 2. The third-order valence-electron chi connectivity index (χ3n) is 8.35. The Kier molecular flexibility index (Phi) is 10.9. The fourth-order valence-corrected chi connectivity index (χ4v) is 8.45. The Hall–Kier alpha value is -2.31. The normalized spacial score (nSPS) is 19.0. The molecule has 1 unspecified atom stereocenters. The summed E-state index contributed by atoms with van der Waals surface area (Å²) in [6.07, 6.45) is 6.91. The van der Waals surface area contributed by atoms with Crippen molar-refractivity contribution in [1.29, 1.82) is 0 Å². The maximum atomic E-state index is 16.1. The van der Waals surface area contributed by atoms with Gasteiger partial charge in [0.15, 0.2) is 0 Å². The van der Waals surface area contributed by atoms with Gasteiger partial charge in [-0.3, -0.25) is 4.90 Å². The lowest BCUT2D eigenvalue weighted by Crippen LogP contribution is -2.33. The van der Waals surface area contributed by atoms with E-state index in [0.29, 0.717) is 11.1 Å². The van der Waals surface area contributed by atoms with Crippen LogP contribution in [0.3, 0.4) is 0 Å². The predicted octanol–water partition coefficient (Wildman–Crippen LogP) is 5.47. The molecule has 0 aliphatic carbocycles. The van der Waals surface area contributed by atoms with E-state index < -0.39 is 31.5 Å². The van der Waals surface area contributed by atoms with Crippen LogP contribution in [0.1, 0.15) is 78.6 Å². The van der Waals surface area contributed by atoms with Crippen LogP contribution in [0.15, 0.2) is 49.1 Å². The Labute approximate surface area is 250 Å². The van der Waals surface area contributed by atoms with Gasteiger partial charge in [0.1, 0.15) is 11.6 Å². The van der Waals surface area contributed by atoms with E-state index in [1.165, 1.54) is 12.1 Å². The molecule has 0 amide bonds. The summed E-state index contributed by atoms with van der Waals surface area (Å²) in [5.74, 6) is -0.595. The van der Waals surface area contributed by atoms with E-state index in [9.17, 15) is 16.8 Å². The molecule has 2 fully saturated rings. The first kappa shape index (κ1) is 32.6. The third-order valence-corrected chi connectivity index (χ3v) is 10.3. The Balaban J connectivity index is 1.61. The Morgan fingerprint density at radius 2 is 1.52 bits per heavy atom. The highest BCUT2D eigenvalue weighted by Gasteiger charge is 2.38. The summed E-state index contributed by atoms with van der Waals surface area (Å²) in [6, 6.07) is 9.65. The van der Waals surface area contributed by atoms with Crippen LogP contribution in [-0.2, 0) is 24.4 Å². The van der Waals surface area contributed by atoms with E-state index in [-0.39, 0.29) is 23.1 Å². The number of halogens is 1. The minimum Gasteiger partial charge on any atom is -0.380 e. The Morgan fingerprint density at radius 3 is 2.12 bits per heavy atom. The van der Waals surface area contributed by atoms with Crippen molar-refractivity contribution in [3.63, 3.8) is 0 Å². The Morgan fingerprint density at radius 1 is 0.952 bits per heavy atom. The molecular formula is C31H43FN2O6S2. The number of hydrogen-bond acceptors (Lipinski definition) is 8. The first-order chi connectivity index (χ1) is 19.9. The second-order valence-electron chi connectivity index (χ2n) is 11.4. The van der Waals surface area contributed by atoms with Crippen molar-refractivity contribution >= 4 is 20.2 Å². The molecule has 2 aliphatic heterocycles. The molecule has 2 aliphatic rings. The summed E-state index contributed by atoms with van der Waals surface area (Å²) in [7, 11) is -9.11. The van der Waals surface area contributed by atoms with Gasteiger partial charge in [-0.2, -0.15) is 16.8 Å². The largest absolute Gasteiger partial charge is 0.380 e. The SMILES string of the molecule is C=CCN1CCC(c2cccc(OS(=O)(=O)C(OS(C)(=O)=O)c3cccc(C4CCN(CCC)CC4)c3F)c2C)CC1. The van der Waals surface area contributed by atoms with Crippen molar-refractivity contribution in [1.82, 2.24) is 9.80 Å². The van der Waals surface area contributed by atoms with Crippen LogP contribution in [0.2, 0.25) is 0 Å². The average Bonchev–Trinajstić information content (AvgIpc) is 2.94. The van der Waals surface area contributed by atoms with Gasteiger partial charge in [-0.15, -0.1) is 6.58 Å². The zero-order chi connectivity index (χ0) is 30.5. The second-order valence-corrected chi connectivity index (χ2v) is 14.6. The molecule has 0 radical (unpaired) electrons. The van der Waals surface area contributed by atoms with Gasteiger partial charge in [0.2, 0.25) is 5.44 Å². The molecule has 2 aromatic rings. The fourth-order valence-electron chi connectivity index (χ4n) is 6.21. The average molecular weight is 623 g/mol. The van der Waals surface area contributed by atoms with Gasteiger partial charge in [0.05, 0.1) is 6.26 Å². The standard InChI is InChI=1S/C31H43FN2O6S2/c1-5-17-33-19-13-24(14-20-33)26-9-8-12-29(23(26)3)39-42(37,38)31(40-41(4,35)36)28-11-7-10-27(30(28)32)25-15-21-34(18-6-2)22-16-25/h5,7-12,24-25,31H,1,6,13-22H2,2-4H3. The molecule has 1 atom stereocenters. The molecule has 0 aromatic heterocycles. The van der Waals surface area contributed by atoms with Crippen molar-refractivity contribution in [3.05, 3.63) is 77.1 Å². The van der Waals surface area contributed by atoms with Crippen molar-refractivity contribution in [2.45, 2.75) is 63.2 Å². The molecule has 8 nitrogen and oxygen atoms in total. The van der Waals surface area contributed by atoms with Gasteiger partial charge in [-0.1, -0.05) is 43.3 Å². The van der Waals surface area contributed by atoms with Crippen LogP contribution in [0.5, 0.6) is 5.75 Å². The van der Waals surface area contributed by atoms with Gasteiger partial charge in [-0.05, 0) is 106 Å². The number of benzene rings is 2. The van der Waals surface area contributed by atoms with Crippen LogP contribution in [0.4, 0.5) is 4.39 Å². The summed E-state index contributed by atoms with van der Waals surface area (Å²) in [6.45, 7) is 12.9. The number of likely N-dealkylation sites (tertiary alicyclic amines) is 2. The summed E-state index contributed by atoms with van der Waals surface area (Å²) < 4.78 is 78.5. The molecular weight excluding hydrogens is 579 g/mol. The zero-order valence-electron chi connectivity index (χ0n) is 24.8. The quantitative estimate of drug-likeness (QED) is 0.227. The molecule has 2 aromatic carbocycles. The third kappa shape index (κ3) is 7.99. The van der Waals surface area contributed by atoms with E-state index in [4.69, 9.17) is 8.37 Å². The topological polar surface area (TPSA) is 93.2 Å². The van der Waals surface area contributed by atoms with E-state index in [0.717, 1.165) is 83.2 Å². The fraction of sp³-hybridized carbons (Fsp3) is 0.548. The smallest absolute Gasteiger partial charge is 0.342 e. The van der Waals surface area contributed by atoms with Gasteiger partial charge < -0.3 is 9.08 Å². The molecule has 0 N–H and O–H groups in total. The number of rotatable bonds is 12. The van der Waals surface area contributed by atoms with Crippen LogP contribution in [0.25, 0.3) is 0 Å². The molecule has 4 rings (SSSR count). The lowest BCUT2D eigenvalue weighted by Gasteiger charge is -2.32. The molecule has 2 heterocycles. The maximum absolute atomic E-state index is 16.1. The van der Waals surface area contributed by atoms with Crippen molar-refractivity contribution in [2.24, 2.45) is 0 Å². The van der Waals surface area contributed by atoms with E-state index in [2.05, 4.69) is 23.3 Å². The summed E-state index contributed by atoms with van der Waals surface area (Å²) >= 11 is 0. The first-order valence-corrected chi connectivity index (χ1v) is 18.0. The van der Waals surface area contributed by atoms with E-state index >= 15 is 4.39 Å². The Bertz CT molecular complexity index is 1450. The minimum atomic E-state index is -4.80. The van der Waals surface area contributed by atoms with Crippen LogP contribution >= 0.6 is 0 Å². The van der Waals surface area contributed by atoms with Crippen molar-refractivity contribution in [2.75, 3.05) is 45.5 Å². The lowest BCUT2D eigenvalue weighted by molar-refractivity contribution is 0.210. The second kappa shape index (κ2) is 14.0. The summed E-state index contributed by atoms with van der Waals surface area (Å²) in [4.78, 5) is 4.64. The van der Waals surface area contributed by atoms with Gasteiger partial charge in [0, 0.05) is 12.1 Å². The monoisotopic (exact) mass is 622 g/mol. The molecule has 0 spiro atoms. The van der Waals surface area contributed by atoms with Gasteiger partial charge in [0.25, 0.3) is 10.1 Å². The van der Waals surface area contributed by atoms with E-state index in [1.807, 2.05) is 12.1 Å². The molecule has 0 saturated carbocycles. The minimum absolute atomic E-state index is 0.0722. The highest BCUT2D eigenvalue weighted by molar-refractivity contribution is 7.89.